The van der Waals surface area contributed by atoms with Crippen molar-refractivity contribution >= 4 is 21.4 Å². The molecule has 32 heavy (non-hydrogen) atoms. The van der Waals surface area contributed by atoms with Crippen molar-refractivity contribution in [1.29, 1.82) is 0 Å². The number of aliphatic hydroxyl groups excluding tert-OH is 1. The molecule has 0 saturated carbocycles. The summed E-state index contributed by atoms with van der Waals surface area (Å²) in [6, 6.07) is 9.75. The Balaban J connectivity index is 2.05. The molecule has 0 spiro atoms. The van der Waals surface area contributed by atoms with E-state index < -0.39 is 21.7 Å². The summed E-state index contributed by atoms with van der Waals surface area (Å²) in [4.78, 5) is 0.0452. The largest absolute Gasteiger partial charge is 0.495 e. The van der Waals surface area contributed by atoms with Gasteiger partial charge in [0.1, 0.15) is 5.75 Å². The van der Waals surface area contributed by atoms with Crippen LogP contribution in [0.1, 0.15) is 18.5 Å². The third-order valence-electron chi connectivity index (χ3n) is 4.80. The number of benzene rings is 2. The molecule has 0 atom stereocenters. The number of unbranched alkanes of at least 4 members (excludes halogenated alkanes) is 1. The molecule has 0 amide bonds. The van der Waals surface area contributed by atoms with E-state index in [1.165, 1.54) is 49.6 Å². The third-order valence-corrected chi connectivity index (χ3v) is 6.91. The molecule has 2 aromatic carbocycles. The SMILES string of the molecule is COc1ccc(-c2c(C(F)(F)F)n[nH]c2-c2ccc(S(=O)(=O)CCCCO)cc2)cc1Cl. The maximum absolute atomic E-state index is 13.6. The Kier molecular flexibility index (Phi) is 7.16. The van der Waals surface area contributed by atoms with Crippen molar-refractivity contribution < 1.29 is 31.4 Å². The average molecular weight is 489 g/mol. The fourth-order valence-electron chi connectivity index (χ4n) is 3.21. The van der Waals surface area contributed by atoms with Crippen LogP contribution in [0.5, 0.6) is 5.75 Å². The quantitative estimate of drug-likeness (QED) is 0.437. The van der Waals surface area contributed by atoms with Crippen LogP contribution in [0, 0.1) is 0 Å². The molecule has 1 heterocycles. The minimum Gasteiger partial charge on any atom is -0.495 e. The summed E-state index contributed by atoms with van der Waals surface area (Å²) >= 11 is 6.12. The van der Waals surface area contributed by atoms with Crippen molar-refractivity contribution in [2.45, 2.75) is 23.9 Å². The summed E-state index contributed by atoms with van der Waals surface area (Å²) in [6.45, 7) is -0.103. The number of alkyl halides is 3. The van der Waals surface area contributed by atoms with Crippen molar-refractivity contribution in [3.63, 3.8) is 0 Å². The van der Waals surface area contributed by atoms with Crippen LogP contribution in [-0.2, 0) is 16.0 Å². The van der Waals surface area contributed by atoms with Crippen LogP contribution in [0.2, 0.25) is 5.02 Å². The number of sulfone groups is 1. The number of aromatic nitrogens is 2. The van der Waals surface area contributed by atoms with Gasteiger partial charge < -0.3 is 9.84 Å². The number of H-pyrrole nitrogens is 1. The van der Waals surface area contributed by atoms with Crippen molar-refractivity contribution in [3.8, 4) is 28.1 Å². The van der Waals surface area contributed by atoms with Gasteiger partial charge in [-0.05, 0) is 42.7 Å². The second kappa shape index (κ2) is 9.51. The Morgan fingerprint density at radius 1 is 1.09 bits per heavy atom. The monoisotopic (exact) mass is 488 g/mol. The number of aromatic amines is 1. The lowest BCUT2D eigenvalue weighted by Gasteiger charge is -2.11. The molecule has 0 fully saturated rings. The molecule has 2 N–H and O–H groups in total. The van der Waals surface area contributed by atoms with E-state index >= 15 is 0 Å². The van der Waals surface area contributed by atoms with Crippen molar-refractivity contribution in [2.24, 2.45) is 0 Å². The van der Waals surface area contributed by atoms with Crippen molar-refractivity contribution in [3.05, 3.63) is 53.2 Å². The summed E-state index contributed by atoms with van der Waals surface area (Å²) in [5.74, 6) is 0.176. The third kappa shape index (κ3) is 5.08. The molecular formula is C21H20ClF3N2O4S. The van der Waals surface area contributed by atoms with Crippen molar-refractivity contribution in [1.82, 2.24) is 10.2 Å². The first-order valence-electron chi connectivity index (χ1n) is 9.52. The summed E-state index contributed by atoms with van der Waals surface area (Å²) in [5, 5.41) is 14.8. The topological polar surface area (TPSA) is 92.3 Å². The Labute approximate surface area is 187 Å². The molecule has 172 valence electrons. The number of aliphatic hydroxyl groups is 1. The first-order valence-corrected chi connectivity index (χ1v) is 11.5. The number of ether oxygens (including phenoxy) is 1. The van der Waals surface area contributed by atoms with Crippen molar-refractivity contribution in [2.75, 3.05) is 19.5 Å². The predicted molar refractivity (Wildman–Crippen MR) is 114 cm³/mol. The van der Waals surface area contributed by atoms with Gasteiger partial charge in [-0.1, -0.05) is 29.8 Å². The van der Waals surface area contributed by atoms with Gasteiger partial charge in [0, 0.05) is 17.7 Å². The first-order chi connectivity index (χ1) is 15.1. The molecule has 0 saturated heterocycles. The van der Waals surface area contributed by atoms with E-state index in [1.54, 1.807) is 0 Å². The zero-order valence-electron chi connectivity index (χ0n) is 16.9. The summed E-state index contributed by atoms with van der Waals surface area (Å²) < 4.78 is 70.8. The van der Waals surface area contributed by atoms with Gasteiger partial charge in [-0.2, -0.15) is 18.3 Å². The fraction of sp³-hybridized carbons (Fsp3) is 0.286. The molecular weight excluding hydrogens is 469 g/mol. The van der Waals surface area contributed by atoms with E-state index in [0.717, 1.165) is 0 Å². The van der Waals surface area contributed by atoms with Crippen LogP contribution < -0.4 is 4.74 Å². The first kappa shape index (κ1) is 24.1. The van der Waals surface area contributed by atoms with E-state index in [2.05, 4.69) is 10.2 Å². The lowest BCUT2D eigenvalue weighted by Crippen LogP contribution is -2.07. The zero-order chi connectivity index (χ0) is 23.5. The van der Waals surface area contributed by atoms with Gasteiger partial charge in [-0.3, -0.25) is 5.10 Å². The molecule has 0 aliphatic carbocycles. The molecule has 1 aromatic heterocycles. The second-order valence-corrected chi connectivity index (χ2v) is 9.46. The highest BCUT2D eigenvalue weighted by Gasteiger charge is 2.38. The van der Waals surface area contributed by atoms with Gasteiger partial charge in [-0.25, -0.2) is 8.42 Å². The molecule has 0 radical (unpaired) electrons. The average Bonchev–Trinajstić information content (AvgIpc) is 3.19. The molecule has 3 aromatic rings. The summed E-state index contributed by atoms with van der Waals surface area (Å²) in [5.41, 5.74) is -0.755. The minimum atomic E-state index is -4.73. The standard InChI is InChI=1S/C21H20ClF3N2O4S/c1-31-17-9-6-14(12-16(17)22)18-19(26-27-20(18)21(23,24)25)13-4-7-15(8-5-13)32(29,30)11-3-2-10-28/h4-9,12,28H,2-3,10-11H2,1H3,(H,26,27). The maximum atomic E-state index is 13.6. The Bertz CT molecular complexity index is 1190. The number of nitrogens with zero attached hydrogens (tertiary/aromatic N) is 1. The van der Waals surface area contributed by atoms with E-state index in [1.807, 2.05) is 0 Å². The van der Waals surface area contributed by atoms with E-state index in [9.17, 15) is 21.6 Å². The van der Waals surface area contributed by atoms with Gasteiger partial charge in [0.2, 0.25) is 0 Å². The van der Waals surface area contributed by atoms with Gasteiger partial charge >= 0.3 is 6.18 Å². The Hall–Kier alpha value is -2.56. The fourth-order valence-corrected chi connectivity index (χ4v) is 4.84. The lowest BCUT2D eigenvalue weighted by atomic mass is 9.98. The Morgan fingerprint density at radius 2 is 1.75 bits per heavy atom. The molecule has 0 unspecified atom stereocenters. The minimum absolute atomic E-state index is 0.0452. The maximum Gasteiger partial charge on any atom is 0.435 e. The summed E-state index contributed by atoms with van der Waals surface area (Å²) in [7, 11) is -2.18. The second-order valence-electron chi connectivity index (χ2n) is 6.94. The lowest BCUT2D eigenvalue weighted by molar-refractivity contribution is -0.140. The van der Waals surface area contributed by atoms with Crippen LogP contribution >= 0.6 is 11.6 Å². The summed E-state index contributed by atoms with van der Waals surface area (Å²) in [6.07, 6.45) is -4.07. The van der Waals surface area contributed by atoms with E-state index in [-0.39, 0.29) is 39.1 Å². The number of nitrogens with one attached hydrogen (secondary N) is 1. The number of methoxy groups -OCH3 is 1. The van der Waals surface area contributed by atoms with Gasteiger partial charge in [0.05, 0.1) is 28.5 Å². The predicted octanol–water partition coefficient (Wildman–Crippen LogP) is 4.97. The highest BCUT2D eigenvalue weighted by Crippen LogP contribution is 2.42. The Morgan fingerprint density at radius 3 is 2.31 bits per heavy atom. The van der Waals surface area contributed by atoms with Gasteiger partial charge in [0.25, 0.3) is 0 Å². The van der Waals surface area contributed by atoms with E-state index in [4.69, 9.17) is 21.4 Å². The molecule has 0 aliphatic heterocycles. The van der Waals surface area contributed by atoms with Crippen LogP contribution in [0.3, 0.4) is 0 Å². The number of hydrogen-bond acceptors (Lipinski definition) is 5. The van der Waals surface area contributed by atoms with Crippen LogP contribution in [0.25, 0.3) is 22.4 Å². The molecule has 6 nitrogen and oxygen atoms in total. The molecule has 0 aliphatic rings. The highest BCUT2D eigenvalue weighted by molar-refractivity contribution is 7.91. The van der Waals surface area contributed by atoms with Crippen LogP contribution in [0.15, 0.2) is 47.4 Å². The van der Waals surface area contributed by atoms with Gasteiger partial charge in [0.15, 0.2) is 15.5 Å². The molecule has 3 rings (SSSR count). The van der Waals surface area contributed by atoms with Gasteiger partial charge in [-0.15, -0.1) is 0 Å². The number of halogens is 4. The normalized spacial score (nSPS) is 12.2. The molecule has 11 heteroatoms. The number of hydrogen-bond donors (Lipinski definition) is 2. The zero-order valence-corrected chi connectivity index (χ0v) is 18.5. The molecule has 0 bridgehead atoms. The number of rotatable bonds is 8. The van der Waals surface area contributed by atoms with Crippen LogP contribution in [-0.4, -0.2) is 43.2 Å². The highest BCUT2D eigenvalue weighted by atomic mass is 35.5. The smallest absolute Gasteiger partial charge is 0.435 e. The van der Waals surface area contributed by atoms with Crippen LogP contribution in [0.4, 0.5) is 13.2 Å². The van der Waals surface area contributed by atoms with E-state index in [0.29, 0.717) is 24.2 Å².